The summed E-state index contributed by atoms with van der Waals surface area (Å²) in [7, 11) is 5.74. The summed E-state index contributed by atoms with van der Waals surface area (Å²) in [4.78, 5) is 17.6. The number of aromatic nitrogens is 3. The molecule has 0 saturated carbocycles. The first kappa shape index (κ1) is 14.8. The molecule has 0 atom stereocenters. The molecule has 0 aliphatic carbocycles. The van der Waals surface area contributed by atoms with E-state index >= 15 is 0 Å². The maximum Gasteiger partial charge on any atom is 0.231 e. The van der Waals surface area contributed by atoms with Crippen LogP contribution in [0.1, 0.15) is 32.6 Å². The van der Waals surface area contributed by atoms with Crippen molar-refractivity contribution in [2.75, 3.05) is 49.3 Å². The van der Waals surface area contributed by atoms with Crippen LogP contribution in [0, 0.1) is 5.92 Å². The molecule has 0 bridgehead atoms. The molecule has 20 heavy (non-hydrogen) atoms. The van der Waals surface area contributed by atoms with Crippen LogP contribution in [0.2, 0.25) is 0 Å². The monoisotopic (exact) mass is 278 g/mol. The van der Waals surface area contributed by atoms with Gasteiger partial charge in [0.25, 0.3) is 0 Å². The number of nitrogens with one attached hydrogen (secondary N) is 1. The second-order valence-electron chi connectivity index (χ2n) is 5.62. The van der Waals surface area contributed by atoms with Crippen LogP contribution in [0.4, 0.5) is 17.8 Å². The lowest BCUT2D eigenvalue weighted by Gasteiger charge is -2.32. The summed E-state index contributed by atoms with van der Waals surface area (Å²) in [5.41, 5.74) is 0. The largest absolute Gasteiger partial charge is 0.357 e. The van der Waals surface area contributed by atoms with Crippen molar-refractivity contribution in [2.24, 2.45) is 5.92 Å². The zero-order valence-corrected chi connectivity index (χ0v) is 13.1. The summed E-state index contributed by atoms with van der Waals surface area (Å²) in [5, 5.41) is 3.02. The Hall–Kier alpha value is -1.59. The van der Waals surface area contributed by atoms with E-state index in [1.807, 2.05) is 26.0 Å². The lowest BCUT2D eigenvalue weighted by Crippen LogP contribution is -2.35. The highest BCUT2D eigenvalue weighted by molar-refractivity contribution is 5.44. The summed E-state index contributed by atoms with van der Waals surface area (Å²) in [5.74, 6) is 3.00. The number of nitrogens with zero attached hydrogens (tertiary/aromatic N) is 5. The Morgan fingerprint density at radius 2 is 1.90 bits per heavy atom. The molecule has 1 saturated heterocycles. The van der Waals surface area contributed by atoms with Gasteiger partial charge in [-0.3, -0.25) is 0 Å². The van der Waals surface area contributed by atoms with Gasteiger partial charge in [-0.2, -0.15) is 15.0 Å². The van der Waals surface area contributed by atoms with E-state index in [1.165, 1.54) is 25.7 Å². The van der Waals surface area contributed by atoms with Gasteiger partial charge in [-0.25, -0.2) is 0 Å². The van der Waals surface area contributed by atoms with Crippen molar-refractivity contribution >= 4 is 17.8 Å². The molecule has 1 fully saturated rings. The molecule has 0 spiro atoms. The first-order valence-electron chi connectivity index (χ1n) is 7.50. The second-order valence-corrected chi connectivity index (χ2v) is 5.62. The molecule has 6 nitrogen and oxygen atoms in total. The normalized spacial score (nSPS) is 16.3. The molecule has 0 radical (unpaired) electrons. The van der Waals surface area contributed by atoms with Gasteiger partial charge in [0.1, 0.15) is 0 Å². The van der Waals surface area contributed by atoms with Crippen molar-refractivity contribution in [3.8, 4) is 0 Å². The first-order valence-corrected chi connectivity index (χ1v) is 7.50. The van der Waals surface area contributed by atoms with Crippen LogP contribution < -0.4 is 15.1 Å². The number of rotatable bonds is 5. The topological polar surface area (TPSA) is 57.2 Å². The molecule has 0 aromatic carbocycles. The SMILES string of the molecule is CCCC1CCN(c2nc(NC)nc(N(C)C)n2)CC1. The first-order chi connectivity index (χ1) is 9.63. The minimum atomic E-state index is 0.634. The Labute approximate surface area is 121 Å². The lowest BCUT2D eigenvalue weighted by atomic mass is 9.93. The predicted octanol–water partition coefficient (Wildman–Crippen LogP) is 2.00. The van der Waals surface area contributed by atoms with Crippen LogP contribution in [0.15, 0.2) is 0 Å². The lowest BCUT2D eigenvalue weighted by molar-refractivity contribution is 0.376. The van der Waals surface area contributed by atoms with E-state index < -0.39 is 0 Å². The smallest absolute Gasteiger partial charge is 0.231 e. The van der Waals surface area contributed by atoms with Crippen molar-refractivity contribution in [1.29, 1.82) is 0 Å². The highest BCUT2D eigenvalue weighted by atomic mass is 15.3. The summed E-state index contributed by atoms with van der Waals surface area (Å²) in [6.07, 6.45) is 5.11. The van der Waals surface area contributed by atoms with Gasteiger partial charge in [0.15, 0.2) is 0 Å². The Morgan fingerprint density at radius 1 is 1.20 bits per heavy atom. The molecule has 2 rings (SSSR count). The maximum atomic E-state index is 4.57. The molecule has 6 heteroatoms. The van der Waals surface area contributed by atoms with E-state index in [4.69, 9.17) is 0 Å². The molecule has 0 amide bonds. The molecular weight excluding hydrogens is 252 g/mol. The third-order valence-electron chi connectivity index (χ3n) is 3.83. The van der Waals surface area contributed by atoms with E-state index in [9.17, 15) is 0 Å². The fraction of sp³-hybridized carbons (Fsp3) is 0.786. The highest BCUT2D eigenvalue weighted by Gasteiger charge is 2.21. The average molecular weight is 278 g/mol. The Morgan fingerprint density at radius 3 is 2.45 bits per heavy atom. The van der Waals surface area contributed by atoms with E-state index in [1.54, 1.807) is 0 Å². The fourth-order valence-electron chi connectivity index (χ4n) is 2.64. The summed E-state index contributed by atoms with van der Waals surface area (Å²) < 4.78 is 0. The minimum Gasteiger partial charge on any atom is -0.357 e. The van der Waals surface area contributed by atoms with E-state index in [0.717, 1.165) is 25.0 Å². The number of hydrogen-bond donors (Lipinski definition) is 1. The third kappa shape index (κ3) is 3.49. The van der Waals surface area contributed by atoms with Crippen LogP contribution in [0.5, 0.6) is 0 Å². The molecular formula is C14H26N6. The van der Waals surface area contributed by atoms with E-state index in [-0.39, 0.29) is 0 Å². The van der Waals surface area contributed by atoms with Gasteiger partial charge in [-0.15, -0.1) is 0 Å². The van der Waals surface area contributed by atoms with Crippen molar-refractivity contribution in [2.45, 2.75) is 32.6 Å². The number of piperidine rings is 1. The van der Waals surface area contributed by atoms with Gasteiger partial charge in [-0.05, 0) is 18.8 Å². The standard InChI is InChI=1S/C14H26N6/c1-5-6-11-7-9-20(10-8-11)14-17-12(15-2)16-13(18-14)19(3)4/h11H,5-10H2,1-4H3,(H,15,16,17,18). The molecule has 112 valence electrons. The summed E-state index contributed by atoms with van der Waals surface area (Å²) in [6.45, 7) is 4.36. The molecule has 1 N–H and O–H groups in total. The number of hydrogen-bond acceptors (Lipinski definition) is 6. The zero-order chi connectivity index (χ0) is 14.5. The van der Waals surface area contributed by atoms with Crippen LogP contribution in [0.25, 0.3) is 0 Å². The Balaban J connectivity index is 2.10. The zero-order valence-electron chi connectivity index (χ0n) is 13.1. The second kappa shape index (κ2) is 6.72. The molecule has 1 aliphatic heterocycles. The van der Waals surface area contributed by atoms with E-state index in [2.05, 4.69) is 32.1 Å². The van der Waals surface area contributed by atoms with Crippen LogP contribution in [0.3, 0.4) is 0 Å². The average Bonchev–Trinajstić information content (AvgIpc) is 2.47. The predicted molar refractivity (Wildman–Crippen MR) is 83.5 cm³/mol. The summed E-state index contributed by atoms with van der Waals surface area (Å²) >= 11 is 0. The number of anilines is 3. The van der Waals surface area contributed by atoms with Crippen LogP contribution in [-0.2, 0) is 0 Å². The van der Waals surface area contributed by atoms with Crippen molar-refractivity contribution in [3.05, 3.63) is 0 Å². The fourth-order valence-corrected chi connectivity index (χ4v) is 2.64. The quantitative estimate of drug-likeness (QED) is 0.889. The van der Waals surface area contributed by atoms with Crippen molar-refractivity contribution in [1.82, 2.24) is 15.0 Å². The van der Waals surface area contributed by atoms with Gasteiger partial charge < -0.3 is 15.1 Å². The molecule has 1 aromatic heterocycles. The summed E-state index contributed by atoms with van der Waals surface area (Å²) in [6, 6.07) is 0. The Kier molecular flexibility index (Phi) is 4.98. The van der Waals surface area contributed by atoms with Crippen molar-refractivity contribution in [3.63, 3.8) is 0 Å². The van der Waals surface area contributed by atoms with Gasteiger partial charge in [0, 0.05) is 34.2 Å². The van der Waals surface area contributed by atoms with Crippen LogP contribution >= 0.6 is 0 Å². The molecule has 1 aromatic rings. The minimum absolute atomic E-state index is 0.634. The maximum absolute atomic E-state index is 4.57. The van der Waals surface area contributed by atoms with E-state index in [0.29, 0.717) is 11.9 Å². The van der Waals surface area contributed by atoms with Gasteiger partial charge in [0.2, 0.25) is 17.8 Å². The van der Waals surface area contributed by atoms with Gasteiger partial charge in [-0.1, -0.05) is 19.8 Å². The third-order valence-corrected chi connectivity index (χ3v) is 3.83. The molecule has 0 unspecified atom stereocenters. The van der Waals surface area contributed by atoms with Gasteiger partial charge in [0.05, 0.1) is 0 Å². The van der Waals surface area contributed by atoms with Crippen molar-refractivity contribution < 1.29 is 0 Å². The Bertz CT molecular complexity index is 426. The highest BCUT2D eigenvalue weighted by Crippen LogP contribution is 2.25. The molecule has 1 aliphatic rings. The van der Waals surface area contributed by atoms with Crippen LogP contribution in [-0.4, -0.2) is 49.2 Å². The van der Waals surface area contributed by atoms with Gasteiger partial charge >= 0.3 is 0 Å². The molecule has 2 heterocycles.